The lowest BCUT2D eigenvalue weighted by molar-refractivity contribution is 0.583. The second-order valence-electron chi connectivity index (χ2n) is 4.20. The summed E-state index contributed by atoms with van der Waals surface area (Å²) in [4.78, 5) is -0.355. The minimum atomic E-state index is -0.463. The summed E-state index contributed by atoms with van der Waals surface area (Å²) < 4.78 is 27.7. The van der Waals surface area contributed by atoms with Gasteiger partial charge in [-0.15, -0.1) is 0 Å². The highest BCUT2D eigenvalue weighted by Crippen LogP contribution is 2.36. The molecule has 0 bridgehead atoms. The molecule has 19 heavy (non-hydrogen) atoms. The molecule has 0 spiro atoms. The van der Waals surface area contributed by atoms with Gasteiger partial charge in [0.25, 0.3) is 0 Å². The highest BCUT2D eigenvalue weighted by Gasteiger charge is 2.19. The van der Waals surface area contributed by atoms with E-state index in [0.29, 0.717) is 5.56 Å². The zero-order valence-electron chi connectivity index (χ0n) is 10.3. The monoisotopic (exact) mass is 388 g/mol. The van der Waals surface area contributed by atoms with Crippen molar-refractivity contribution in [2.24, 2.45) is 0 Å². The van der Waals surface area contributed by atoms with E-state index >= 15 is 0 Å². The van der Waals surface area contributed by atoms with Gasteiger partial charge in [-0.05, 0) is 45.6 Å². The summed E-state index contributed by atoms with van der Waals surface area (Å²) in [5, 5.41) is 0. The van der Waals surface area contributed by atoms with Crippen molar-refractivity contribution in [3.8, 4) is 0 Å². The van der Waals surface area contributed by atoms with Crippen LogP contribution in [-0.2, 0) is 6.42 Å². The van der Waals surface area contributed by atoms with Crippen LogP contribution in [0.4, 0.5) is 8.78 Å². The fourth-order valence-electron chi connectivity index (χ4n) is 2.00. The van der Waals surface area contributed by atoms with Crippen molar-refractivity contribution >= 4 is 31.9 Å². The molecule has 0 saturated heterocycles. The summed E-state index contributed by atoms with van der Waals surface area (Å²) in [5.74, 6) is -0.893. The molecular formula is C15H12Br2F2. The molecule has 2 rings (SSSR count). The van der Waals surface area contributed by atoms with Crippen molar-refractivity contribution in [2.45, 2.75) is 18.2 Å². The van der Waals surface area contributed by atoms with E-state index < -0.39 is 11.6 Å². The zero-order chi connectivity index (χ0) is 14.0. The quantitative estimate of drug-likeness (QED) is 0.461. The van der Waals surface area contributed by atoms with Crippen LogP contribution in [0.5, 0.6) is 0 Å². The fourth-order valence-corrected chi connectivity index (χ4v) is 3.12. The maximum absolute atomic E-state index is 14.0. The Kier molecular flexibility index (Phi) is 4.74. The first-order valence-corrected chi connectivity index (χ1v) is 7.61. The Morgan fingerprint density at radius 2 is 1.74 bits per heavy atom. The summed E-state index contributed by atoms with van der Waals surface area (Å²) in [5.41, 5.74) is 2.39. The third-order valence-electron chi connectivity index (χ3n) is 3.02. The first kappa shape index (κ1) is 14.7. The number of hydrogen-bond acceptors (Lipinski definition) is 0. The standard InChI is InChI=1S/C15H12Br2F2/c1-2-9-5-3-4-6-10(9)15(17)11-7-14(19)12(16)8-13(11)18/h3-8,15H,2H2,1H3. The largest absolute Gasteiger partial charge is 0.207 e. The van der Waals surface area contributed by atoms with Gasteiger partial charge in [-0.2, -0.15) is 0 Å². The summed E-state index contributed by atoms with van der Waals surface area (Å²) in [6.07, 6.45) is 0.846. The van der Waals surface area contributed by atoms with Gasteiger partial charge in [0.05, 0.1) is 9.30 Å². The Morgan fingerprint density at radius 1 is 1.05 bits per heavy atom. The predicted octanol–water partition coefficient (Wildman–Crippen LogP) is 5.77. The van der Waals surface area contributed by atoms with Gasteiger partial charge < -0.3 is 0 Å². The number of halogens is 4. The summed E-state index contributed by atoms with van der Waals surface area (Å²) in [6, 6.07) is 10.2. The van der Waals surface area contributed by atoms with Crippen LogP contribution in [-0.4, -0.2) is 0 Å². The topological polar surface area (TPSA) is 0 Å². The molecule has 0 saturated carbocycles. The Balaban J connectivity index is 2.50. The number of aryl methyl sites for hydroxylation is 1. The molecule has 2 aromatic carbocycles. The minimum Gasteiger partial charge on any atom is -0.207 e. The van der Waals surface area contributed by atoms with E-state index in [0.717, 1.165) is 23.6 Å². The molecule has 4 heteroatoms. The third-order valence-corrected chi connectivity index (χ3v) is 4.62. The molecular weight excluding hydrogens is 378 g/mol. The van der Waals surface area contributed by atoms with Crippen LogP contribution >= 0.6 is 31.9 Å². The maximum Gasteiger partial charge on any atom is 0.137 e. The average molecular weight is 390 g/mol. The molecule has 0 aliphatic carbocycles. The molecule has 0 radical (unpaired) electrons. The van der Waals surface area contributed by atoms with E-state index in [9.17, 15) is 8.78 Å². The zero-order valence-corrected chi connectivity index (χ0v) is 13.4. The molecule has 1 unspecified atom stereocenters. The number of benzene rings is 2. The van der Waals surface area contributed by atoms with Gasteiger partial charge >= 0.3 is 0 Å². The smallest absolute Gasteiger partial charge is 0.137 e. The molecule has 0 fully saturated rings. The lowest BCUT2D eigenvalue weighted by Gasteiger charge is -2.16. The van der Waals surface area contributed by atoms with Gasteiger partial charge in [-0.25, -0.2) is 8.78 Å². The van der Waals surface area contributed by atoms with Gasteiger partial charge in [0, 0.05) is 5.56 Å². The first-order valence-electron chi connectivity index (χ1n) is 5.91. The molecule has 0 aliphatic rings. The predicted molar refractivity (Wildman–Crippen MR) is 80.6 cm³/mol. The van der Waals surface area contributed by atoms with Crippen molar-refractivity contribution in [1.29, 1.82) is 0 Å². The Hall–Kier alpha value is -0.740. The van der Waals surface area contributed by atoms with E-state index in [-0.39, 0.29) is 9.30 Å². The molecule has 0 nitrogen and oxygen atoms in total. The number of rotatable bonds is 3. The second-order valence-corrected chi connectivity index (χ2v) is 5.97. The fraction of sp³-hybridized carbons (Fsp3) is 0.200. The van der Waals surface area contributed by atoms with E-state index in [4.69, 9.17) is 0 Å². The molecule has 2 aromatic rings. The maximum atomic E-state index is 14.0. The van der Waals surface area contributed by atoms with Crippen LogP contribution in [0, 0.1) is 11.6 Å². The third kappa shape index (κ3) is 3.06. The van der Waals surface area contributed by atoms with Gasteiger partial charge in [0.2, 0.25) is 0 Å². The minimum absolute atomic E-state index is 0.136. The summed E-state index contributed by atoms with van der Waals surface area (Å²) in [6.45, 7) is 2.04. The number of alkyl halides is 1. The lowest BCUT2D eigenvalue weighted by atomic mass is 9.98. The van der Waals surface area contributed by atoms with Gasteiger partial charge in [0.1, 0.15) is 11.6 Å². The first-order chi connectivity index (χ1) is 9.04. The van der Waals surface area contributed by atoms with Crippen molar-refractivity contribution in [3.05, 3.63) is 69.2 Å². The lowest BCUT2D eigenvalue weighted by Crippen LogP contribution is -2.01. The van der Waals surface area contributed by atoms with Crippen LogP contribution in [0.15, 0.2) is 40.9 Å². The van der Waals surface area contributed by atoms with Crippen molar-refractivity contribution in [1.82, 2.24) is 0 Å². The Labute approximate surface area is 128 Å². The normalized spacial score (nSPS) is 12.5. The van der Waals surface area contributed by atoms with Crippen molar-refractivity contribution < 1.29 is 8.78 Å². The van der Waals surface area contributed by atoms with Crippen LogP contribution < -0.4 is 0 Å². The second kappa shape index (κ2) is 6.14. The molecule has 0 aliphatic heterocycles. The molecule has 0 N–H and O–H groups in total. The van der Waals surface area contributed by atoms with Crippen molar-refractivity contribution in [2.75, 3.05) is 0 Å². The average Bonchev–Trinajstić information content (AvgIpc) is 2.42. The highest BCUT2D eigenvalue weighted by molar-refractivity contribution is 9.10. The Bertz CT molecular complexity index is 597. The van der Waals surface area contributed by atoms with Crippen LogP contribution in [0.25, 0.3) is 0 Å². The SMILES string of the molecule is CCc1ccccc1C(Br)c1cc(F)c(Br)cc1F. The van der Waals surface area contributed by atoms with Gasteiger partial charge in [-0.1, -0.05) is 47.1 Å². The summed E-state index contributed by atoms with van der Waals surface area (Å²) in [7, 11) is 0. The van der Waals surface area contributed by atoms with E-state index in [1.165, 1.54) is 6.07 Å². The van der Waals surface area contributed by atoms with Crippen LogP contribution in [0.3, 0.4) is 0 Å². The van der Waals surface area contributed by atoms with Crippen molar-refractivity contribution in [3.63, 3.8) is 0 Å². The van der Waals surface area contributed by atoms with E-state index in [1.807, 2.05) is 31.2 Å². The van der Waals surface area contributed by atoms with Gasteiger partial charge in [0.15, 0.2) is 0 Å². The summed E-state index contributed by atoms with van der Waals surface area (Å²) >= 11 is 6.46. The van der Waals surface area contributed by atoms with Crippen LogP contribution in [0.2, 0.25) is 0 Å². The molecule has 0 aromatic heterocycles. The van der Waals surface area contributed by atoms with Crippen LogP contribution in [0.1, 0.15) is 28.4 Å². The van der Waals surface area contributed by atoms with E-state index in [1.54, 1.807) is 0 Å². The molecule has 1 atom stereocenters. The molecule has 0 heterocycles. The van der Waals surface area contributed by atoms with Gasteiger partial charge in [-0.3, -0.25) is 0 Å². The van der Waals surface area contributed by atoms with E-state index in [2.05, 4.69) is 31.9 Å². The molecule has 0 amide bonds. The Morgan fingerprint density at radius 3 is 2.42 bits per heavy atom. The number of hydrogen-bond donors (Lipinski definition) is 0. The highest BCUT2D eigenvalue weighted by atomic mass is 79.9. The molecule has 100 valence electrons.